The van der Waals surface area contributed by atoms with Gasteiger partial charge in [-0.05, 0) is 85.3 Å². The van der Waals surface area contributed by atoms with Crippen LogP contribution in [0.3, 0.4) is 0 Å². The van der Waals surface area contributed by atoms with Gasteiger partial charge in [-0.2, -0.15) is 0 Å². The first-order valence-corrected chi connectivity index (χ1v) is 11.2. The standard InChI is InChI=1S/C27H30O3/c1-4-27(29)14-13-24-22-11-7-18-15-19(28)8-12-21(18)25(22)23(16-26(24,27)2)17-5-9-20(30-3)10-6-17/h1,5-6,9-10,15,22-24,29H,7-8,11-14,16H2,2-3H3/t22-,23?,24-,26-,27?/m0/s1. The van der Waals surface area contributed by atoms with Gasteiger partial charge in [0.2, 0.25) is 0 Å². The van der Waals surface area contributed by atoms with Gasteiger partial charge in [0.15, 0.2) is 5.78 Å². The molecule has 0 heterocycles. The molecule has 2 fully saturated rings. The van der Waals surface area contributed by atoms with E-state index in [0.29, 0.717) is 24.7 Å². The highest BCUT2D eigenvalue weighted by atomic mass is 16.5. The minimum Gasteiger partial charge on any atom is -0.497 e. The van der Waals surface area contributed by atoms with E-state index in [-0.39, 0.29) is 17.1 Å². The molecule has 0 amide bonds. The maximum absolute atomic E-state index is 12.1. The molecule has 4 aliphatic rings. The quantitative estimate of drug-likeness (QED) is 0.712. The first-order chi connectivity index (χ1) is 14.4. The number of aliphatic hydroxyl groups is 1. The Kier molecular flexibility index (Phi) is 4.49. The van der Waals surface area contributed by atoms with Crippen molar-refractivity contribution in [1.82, 2.24) is 0 Å². The summed E-state index contributed by atoms with van der Waals surface area (Å²) in [5.74, 6) is 4.94. The van der Waals surface area contributed by atoms with Gasteiger partial charge in [-0.1, -0.05) is 30.6 Å². The van der Waals surface area contributed by atoms with Gasteiger partial charge in [-0.3, -0.25) is 4.79 Å². The molecule has 4 aliphatic carbocycles. The van der Waals surface area contributed by atoms with Crippen LogP contribution in [0.15, 0.2) is 47.1 Å². The van der Waals surface area contributed by atoms with Crippen molar-refractivity contribution in [2.75, 3.05) is 7.11 Å². The van der Waals surface area contributed by atoms with E-state index >= 15 is 0 Å². The zero-order valence-corrected chi connectivity index (χ0v) is 17.9. The van der Waals surface area contributed by atoms with E-state index in [4.69, 9.17) is 11.2 Å². The van der Waals surface area contributed by atoms with E-state index in [0.717, 1.165) is 37.9 Å². The van der Waals surface area contributed by atoms with Crippen LogP contribution in [-0.4, -0.2) is 23.6 Å². The van der Waals surface area contributed by atoms with Gasteiger partial charge in [0.1, 0.15) is 11.4 Å². The highest BCUT2D eigenvalue weighted by molar-refractivity contribution is 5.93. The lowest BCUT2D eigenvalue weighted by molar-refractivity contribution is -0.114. The maximum Gasteiger partial charge on any atom is 0.156 e. The lowest BCUT2D eigenvalue weighted by Gasteiger charge is -2.53. The number of ketones is 1. The zero-order valence-electron chi connectivity index (χ0n) is 17.9. The van der Waals surface area contributed by atoms with E-state index in [1.807, 2.05) is 18.2 Å². The van der Waals surface area contributed by atoms with Gasteiger partial charge in [0.25, 0.3) is 0 Å². The summed E-state index contributed by atoms with van der Waals surface area (Å²) >= 11 is 0. The average Bonchev–Trinajstić information content (AvgIpc) is 3.04. The zero-order chi connectivity index (χ0) is 21.1. The number of ether oxygens (including phenoxy) is 1. The van der Waals surface area contributed by atoms with Crippen LogP contribution < -0.4 is 4.74 Å². The predicted octanol–water partition coefficient (Wildman–Crippen LogP) is 4.96. The van der Waals surface area contributed by atoms with Gasteiger partial charge < -0.3 is 9.84 Å². The molecule has 0 aromatic heterocycles. The minimum atomic E-state index is -1.04. The molecule has 2 unspecified atom stereocenters. The Balaban J connectivity index is 1.68. The second-order valence-corrected chi connectivity index (χ2v) is 9.81. The normalized spacial score (nSPS) is 37.6. The number of carbonyl (C=O) groups excluding carboxylic acids is 1. The Hall–Kier alpha value is -2.31. The van der Waals surface area contributed by atoms with Crippen LogP contribution in [0.4, 0.5) is 0 Å². The van der Waals surface area contributed by atoms with Crippen molar-refractivity contribution in [1.29, 1.82) is 0 Å². The maximum atomic E-state index is 12.1. The number of fused-ring (bicyclic) bond motifs is 4. The van der Waals surface area contributed by atoms with Crippen molar-refractivity contribution in [3.05, 3.63) is 52.6 Å². The number of rotatable bonds is 2. The van der Waals surface area contributed by atoms with Crippen molar-refractivity contribution in [3.63, 3.8) is 0 Å². The Bertz CT molecular complexity index is 992. The fourth-order valence-corrected chi connectivity index (χ4v) is 7.04. The lowest BCUT2D eigenvalue weighted by atomic mass is 9.51. The third kappa shape index (κ3) is 2.66. The molecule has 2 saturated carbocycles. The Labute approximate surface area is 179 Å². The average molecular weight is 403 g/mol. The van der Waals surface area contributed by atoms with E-state index < -0.39 is 5.60 Å². The summed E-state index contributed by atoms with van der Waals surface area (Å²) in [6.07, 6.45) is 13.8. The molecular weight excluding hydrogens is 372 g/mol. The number of terminal acetylenes is 1. The molecule has 156 valence electrons. The van der Waals surface area contributed by atoms with Gasteiger partial charge in [-0.15, -0.1) is 6.42 Å². The summed E-state index contributed by atoms with van der Waals surface area (Å²) in [6, 6.07) is 8.37. The van der Waals surface area contributed by atoms with E-state index in [1.165, 1.54) is 22.3 Å². The fraction of sp³-hybridized carbons (Fsp3) is 0.519. The molecule has 5 rings (SSSR count). The number of methoxy groups -OCH3 is 1. The number of hydrogen-bond acceptors (Lipinski definition) is 3. The number of allylic oxidation sites excluding steroid dienone is 4. The minimum absolute atomic E-state index is 0.215. The number of benzene rings is 1. The SMILES string of the molecule is C#CC1(O)CC[C@H]2[C@@H]3CCC4=CC(=O)CCC4=C3C(c3ccc(OC)cc3)C[C@@]21C. The fourth-order valence-electron chi connectivity index (χ4n) is 7.04. The Morgan fingerprint density at radius 3 is 2.63 bits per heavy atom. The summed E-state index contributed by atoms with van der Waals surface area (Å²) in [4.78, 5) is 12.1. The molecule has 3 nitrogen and oxygen atoms in total. The Morgan fingerprint density at radius 2 is 1.93 bits per heavy atom. The van der Waals surface area contributed by atoms with Crippen molar-refractivity contribution in [3.8, 4) is 18.1 Å². The Morgan fingerprint density at radius 1 is 1.17 bits per heavy atom. The molecule has 5 atom stereocenters. The molecule has 0 bridgehead atoms. The molecule has 0 saturated heterocycles. The van der Waals surface area contributed by atoms with Crippen LogP contribution in [0.25, 0.3) is 0 Å². The molecular formula is C27H30O3. The van der Waals surface area contributed by atoms with E-state index in [9.17, 15) is 9.90 Å². The third-order valence-corrected chi connectivity index (χ3v) is 8.64. The molecule has 30 heavy (non-hydrogen) atoms. The lowest BCUT2D eigenvalue weighted by Crippen LogP contribution is -2.50. The summed E-state index contributed by atoms with van der Waals surface area (Å²) in [6.45, 7) is 2.22. The number of carbonyl (C=O) groups is 1. The first kappa shape index (κ1) is 19.6. The molecule has 1 aromatic carbocycles. The van der Waals surface area contributed by atoms with Gasteiger partial charge in [0, 0.05) is 17.8 Å². The molecule has 1 aromatic rings. The predicted molar refractivity (Wildman–Crippen MR) is 117 cm³/mol. The van der Waals surface area contributed by atoms with Crippen LogP contribution >= 0.6 is 0 Å². The number of hydrogen-bond donors (Lipinski definition) is 1. The van der Waals surface area contributed by atoms with E-state index in [2.05, 4.69) is 25.0 Å². The van der Waals surface area contributed by atoms with Gasteiger partial charge >= 0.3 is 0 Å². The second-order valence-electron chi connectivity index (χ2n) is 9.81. The molecule has 3 heteroatoms. The monoisotopic (exact) mass is 402 g/mol. The van der Waals surface area contributed by atoms with E-state index in [1.54, 1.807) is 7.11 Å². The van der Waals surface area contributed by atoms with Crippen LogP contribution in [0, 0.1) is 29.6 Å². The first-order valence-electron chi connectivity index (χ1n) is 11.2. The van der Waals surface area contributed by atoms with Gasteiger partial charge in [-0.25, -0.2) is 0 Å². The van der Waals surface area contributed by atoms with Crippen molar-refractivity contribution >= 4 is 5.78 Å². The smallest absolute Gasteiger partial charge is 0.156 e. The topological polar surface area (TPSA) is 46.5 Å². The molecule has 1 N–H and O–H groups in total. The van der Waals surface area contributed by atoms with Gasteiger partial charge in [0.05, 0.1) is 7.11 Å². The summed E-state index contributed by atoms with van der Waals surface area (Å²) in [7, 11) is 1.69. The van der Waals surface area contributed by atoms with Crippen LogP contribution in [0.5, 0.6) is 5.75 Å². The molecule has 0 aliphatic heterocycles. The third-order valence-electron chi connectivity index (χ3n) is 8.64. The van der Waals surface area contributed by atoms with Crippen molar-refractivity contribution in [2.45, 2.75) is 63.4 Å². The van der Waals surface area contributed by atoms with Crippen LogP contribution in [0.2, 0.25) is 0 Å². The van der Waals surface area contributed by atoms with Crippen molar-refractivity contribution in [2.24, 2.45) is 17.3 Å². The largest absolute Gasteiger partial charge is 0.497 e. The molecule has 0 spiro atoms. The summed E-state index contributed by atoms with van der Waals surface area (Å²) in [5, 5.41) is 11.4. The second kappa shape index (κ2) is 6.86. The highest BCUT2D eigenvalue weighted by Gasteiger charge is 2.62. The summed E-state index contributed by atoms with van der Waals surface area (Å²) < 4.78 is 5.38. The van der Waals surface area contributed by atoms with Crippen molar-refractivity contribution < 1.29 is 14.6 Å². The van der Waals surface area contributed by atoms with Crippen LogP contribution in [0.1, 0.15) is 63.4 Å². The summed E-state index contributed by atoms with van der Waals surface area (Å²) in [5.41, 5.74) is 4.11. The molecule has 0 radical (unpaired) electrons. The highest BCUT2D eigenvalue weighted by Crippen LogP contribution is 2.66. The van der Waals surface area contributed by atoms with Crippen LogP contribution in [-0.2, 0) is 4.79 Å².